The molecule has 96 valence electrons. The van der Waals surface area contributed by atoms with Crippen LogP contribution in [0.15, 0.2) is 22.8 Å². The maximum absolute atomic E-state index is 9.00. The average Bonchev–Trinajstić information content (AvgIpc) is 2.93. The van der Waals surface area contributed by atoms with Crippen LogP contribution in [0.25, 0.3) is 5.57 Å². The van der Waals surface area contributed by atoms with Gasteiger partial charge in [-0.25, -0.2) is 0 Å². The summed E-state index contributed by atoms with van der Waals surface area (Å²) in [6.07, 6.45) is 1.43. The molecule has 2 aromatic rings. The molecule has 0 unspecified atom stereocenters. The van der Waals surface area contributed by atoms with E-state index in [0.717, 1.165) is 0 Å². The third kappa shape index (κ3) is 3.04. The molecule has 0 fully saturated rings. The summed E-state index contributed by atoms with van der Waals surface area (Å²) < 4.78 is 0.687. The van der Waals surface area contributed by atoms with Crippen LogP contribution in [0.3, 0.4) is 0 Å². The van der Waals surface area contributed by atoms with Gasteiger partial charge in [0.05, 0.1) is 15.7 Å². The molecule has 2 rings (SSSR count). The summed E-state index contributed by atoms with van der Waals surface area (Å²) in [5.41, 5.74) is 0.773. The molecule has 1 heterocycles. The van der Waals surface area contributed by atoms with E-state index in [4.69, 9.17) is 28.5 Å². The van der Waals surface area contributed by atoms with Crippen molar-refractivity contribution < 1.29 is 0 Å². The van der Waals surface area contributed by atoms with Gasteiger partial charge in [0, 0.05) is 10.7 Å². The monoisotopic (exact) mass is 358 g/mol. The summed E-state index contributed by atoms with van der Waals surface area (Å²) in [6, 6.07) is 5.41. The van der Waals surface area contributed by atoms with Gasteiger partial charge in [0.2, 0.25) is 5.82 Å². The highest BCUT2D eigenvalue weighted by atomic mass is 79.9. The summed E-state index contributed by atoms with van der Waals surface area (Å²) in [5, 5.41) is 25.7. The van der Waals surface area contributed by atoms with E-state index in [1.165, 1.54) is 6.20 Å². The molecular formula is C10H5BrCl2N6. The third-order valence-electron chi connectivity index (χ3n) is 2.11. The predicted molar refractivity (Wildman–Crippen MR) is 75.6 cm³/mol. The molecule has 0 bridgehead atoms. The van der Waals surface area contributed by atoms with Crippen molar-refractivity contribution in [1.29, 1.82) is 5.26 Å². The molecule has 0 spiro atoms. The molecule has 6 nitrogen and oxygen atoms in total. The first-order valence-corrected chi connectivity index (χ1v) is 6.42. The predicted octanol–water partition coefficient (Wildman–Crippen LogP) is 3.25. The Morgan fingerprint density at radius 3 is 2.84 bits per heavy atom. The number of nitriles is 1. The Balaban J connectivity index is 2.28. The minimum atomic E-state index is 0.189. The van der Waals surface area contributed by atoms with E-state index in [1.807, 2.05) is 6.07 Å². The van der Waals surface area contributed by atoms with Gasteiger partial charge in [-0.15, -0.1) is 10.2 Å². The first kappa shape index (κ1) is 13.8. The van der Waals surface area contributed by atoms with Crippen LogP contribution < -0.4 is 5.32 Å². The first-order chi connectivity index (χ1) is 9.13. The molecule has 2 N–H and O–H groups in total. The Hall–Kier alpha value is -1.62. The van der Waals surface area contributed by atoms with Crippen molar-refractivity contribution in [2.24, 2.45) is 0 Å². The molecule has 0 aliphatic rings. The number of hydrogen-bond acceptors (Lipinski definition) is 5. The van der Waals surface area contributed by atoms with Gasteiger partial charge >= 0.3 is 0 Å². The van der Waals surface area contributed by atoms with Gasteiger partial charge in [-0.05, 0) is 33.3 Å². The van der Waals surface area contributed by atoms with Crippen molar-refractivity contribution in [2.75, 3.05) is 5.32 Å². The first-order valence-electron chi connectivity index (χ1n) is 4.87. The van der Waals surface area contributed by atoms with Crippen LogP contribution in [0.4, 0.5) is 5.69 Å². The zero-order chi connectivity index (χ0) is 13.8. The zero-order valence-electron chi connectivity index (χ0n) is 9.15. The van der Waals surface area contributed by atoms with Crippen LogP contribution >= 0.6 is 39.1 Å². The lowest BCUT2D eigenvalue weighted by atomic mass is 10.3. The van der Waals surface area contributed by atoms with Crippen molar-refractivity contribution >= 4 is 50.4 Å². The lowest BCUT2D eigenvalue weighted by Crippen LogP contribution is -1.94. The maximum atomic E-state index is 9.00. The summed E-state index contributed by atoms with van der Waals surface area (Å²) in [4.78, 5) is 0. The second kappa shape index (κ2) is 6.02. The lowest BCUT2D eigenvalue weighted by Gasteiger charge is -2.06. The van der Waals surface area contributed by atoms with Crippen molar-refractivity contribution in [3.8, 4) is 6.07 Å². The Morgan fingerprint density at radius 2 is 2.21 bits per heavy atom. The molecule has 0 amide bonds. The molecule has 19 heavy (non-hydrogen) atoms. The highest BCUT2D eigenvalue weighted by Crippen LogP contribution is 2.35. The number of aromatic nitrogens is 4. The van der Waals surface area contributed by atoms with Gasteiger partial charge in [0.25, 0.3) is 0 Å². The molecule has 1 aromatic heterocycles. The molecule has 9 heteroatoms. The number of halogens is 3. The van der Waals surface area contributed by atoms with Crippen LogP contribution in [0.5, 0.6) is 0 Å². The van der Waals surface area contributed by atoms with Crippen molar-refractivity contribution in [1.82, 2.24) is 20.6 Å². The largest absolute Gasteiger partial charge is 0.359 e. The van der Waals surface area contributed by atoms with E-state index in [0.29, 0.717) is 20.2 Å². The number of aromatic amines is 1. The minimum absolute atomic E-state index is 0.189. The smallest absolute Gasteiger partial charge is 0.216 e. The van der Waals surface area contributed by atoms with E-state index in [2.05, 4.69) is 41.9 Å². The number of H-pyrrole nitrogens is 1. The number of nitrogens with one attached hydrogen (secondary N) is 2. The van der Waals surface area contributed by atoms with E-state index in [-0.39, 0.29) is 11.4 Å². The van der Waals surface area contributed by atoms with Gasteiger partial charge in [-0.2, -0.15) is 10.5 Å². The van der Waals surface area contributed by atoms with Crippen LogP contribution in [-0.2, 0) is 0 Å². The van der Waals surface area contributed by atoms with Crippen molar-refractivity contribution in [3.05, 3.63) is 38.7 Å². The van der Waals surface area contributed by atoms with Crippen molar-refractivity contribution in [3.63, 3.8) is 0 Å². The highest BCUT2D eigenvalue weighted by Gasteiger charge is 2.09. The third-order valence-corrected chi connectivity index (χ3v) is 3.88. The Labute approximate surface area is 126 Å². The highest BCUT2D eigenvalue weighted by molar-refractivity contribution is 9.10. The van der Waals surface area contributed by atoms with Crippen LogP contribution in [0.1, 0.15) is 5.82 Å². The molecule has 0 radical (unpaired) electrons. The maximum Gasteiger partial charge on any atom is 0.216 e. The van der Waals surface area contributed by atoms with E-state index in [9.17, 15) is 0 Å². The zero-order valence-corrected chi connectivity index (χ0v) is 12.3. The quantitative estimate of drug-likeness (QED) is 0.648. The number of rotatable bonds is 3. The Bertz CT molecular complexity index is 661. The lowest BCUT2D eigenvalue weighted by molar-refractivity contribution is 0.881. The van der Waals surface area contributed by atoms with Gasteiger partial charge in [0.1, 0.15) is 11.6 Å². The number of benzene rings is 1. The van der Waals surface area contributed by atoms with Crippen molar-refractivity contribution in [2.45, 2.75) is 0 Å². The molecule has 0 aliphatic heterocycles. The fraction of sp³-hybridized carbons (Fsp3) is 0. The summed E-state index contributed by atoms with van der Waals surface area (Å²) in [7, 11) is 0. The molecule has 0 aliphatic carbocycles. The van der Waals surface area contributed by atoms with E-state index < -0.39 is 0 Å². The number of allylic oxidation sites excluding steroid dienone is 1. The van der Waals surface area contributed by atoms with Crippen LogP contribution in [-0.4, -0.2) is 20.6 Å². The van der Waals surface area contributed by atoms with Crippen LogP contribution in [0.2, 0.25) is 10.0 Å². The van der Waals surface area contributed by atoms with E-state index in [1.54, 1.807) is 12.1 Å². The van der Waals surface area contributed by atoms with Gasteiger partial charge in [-0.1, -0.05) is 23.2 Å². The fourth-order valence-electron chi connectivity index (χ4n) is 1.21. The van der Waals surface area contributed by atoms with Gasteiger partial charge in [-0.3, -0.25) is 0 Å². The second-order valence-corrected chi connectivity index (χ2v) is 4.88. The van der Waals surface area contributed by atoms with E-state index >= 15 is 0 Å². The van der Waals surface area contributed by atoms with Crippen LogP contribution in [0, 0.1) is 11.3 Å². The standard InChI is InChI=1S/C10H5BrCl2N6/c11-6-1-2-7(9(13)8(6)12)15-4-5(3-14)10-16-18-19-17-10/h1-2,4,15H,(H,16,17,18,19). The summed E-state index contributed by atoms with van der Waals surface area (Å²) in [5.74, 6) is 0.189. The number of nitrogens with zero attached hydrogens (tertiary/aromatic N) is 4. The second-order valence-electron chi connectivity index (χ2n) is 3.27. The Morgan fingerprint density at radius 1 is 1.42 bits per heavy atom. The SMILES string of the molecule is N#CC(=CNc1ccc(Br)c(Cl)c1Cl)c1nn[nH]n1. The normalized spacial score (nSPS) is 11.2. The summed E-state index contributed by atoms with van der Waals surface area (Å²) in [6.45, 7) is 0. The molecular weight excluding hydrogens is 355 g/mol. The van der Waals surface area contributed by atoms with Gasteiger partial charge in [0.15, 0.2) is 0 Å². The summed E-state index contributed by atoms with van der Waals surface area (Å²) >= 11 is 15.3. The average molecular weight is 360 g/mol. The molecule has 0 atom stereocenters. The number of anilines is 1. The fourth-order valence-corrected chi connectivity index (χ4v) is 2.04. The number of tetrazole rings is 1. The van der Waals surface area contributed by atoms with Gasteiger partial charge < -0.3 is 5.32 Å². The number of hydrogen-bond donors (Lipinski definition) is 2. The molecule has 0 saturated heterocycles. The minimum Gasteiger partial charge on any atom is -0.359 e. The topological polar surface area (TPSA) is 90.3 Å². The molecule has 1 aromatic carbocycles. The molecule has 0 saturated carbocycles. The Kier molecular flexibility index (Phi) is 4.37.